The third kappa shape index (κ3) is 40.6. The summed E-state index contributed by atoms with van der Waals surface area (Å²) in [6.45, 7) is 11.3. The monoisotopic (exact) mass is 691 g/mol. The fourth-order valence-corrected chi connectivity index (χ4v) is 8.16. The molecule has 0 radical (unpaired) electrons. The number of hydrogen-bond acceptors (Lipinski definition) is 1. The Balaban J connectivity index is 4.05. The molecule has 0 rings (SSSR count). The molecule has 0 amide bonds. The second-order valence-electron chi connectivity index (χ2n) is 16.7. The molecule has 0 aromatic heterocycles. The number of ether oxygens (including phenoxy) is 1. The minimum Gasteiger partial charge on any atom is -0.381 e. The standard InChI is InChI=1S/C48H98O/c1-5-9-13-17-21-23-27-33-41-47(39-31-25-19-15-11-7-3)43-35-29-37-45-49-46-38-30-36-44-48(40-32-26-20-16-12-8-4)42-34-28-24-22-18-14-10-6-2/h47-48H,5-46H2,1-4H3. The summed E-state index contributed by atoms with van der Waals surface area (Å²) in [6.07, 6.45) is 57.7. The fraction of sp³-hybridized carbons (Fsp3) is 1.00. The molecule has 296 valence electrons. The maximum Gasteiger partial charge on any atom is 0.0466 e. The van der Waals surface area contributed by atoms with Crippen LogP contribution in [0.2, 0.25) is 0 Å². The molecule has 0 spiro atoms. The third-order valence-corrected chi connectivity index (χ3v) is 11.7. The zero-order valence-electron chi connectivity index (χ0n) is 35.3. The van der Waals surface area contributed by atoms with Gasteiger partial charge in [0.2, 0.25) is 0 Å². The van der Waals surface area contributed by atoms with Crippen molar-refractivity contribution in [2.45, 2.75) is 285 Å². The average Bonchev–Trinajstić information content (AvgIpc) is 3.11. The lowest BCUT2D eigenvalue weighted by Gasteiger charge is -2.17. The van der Waals surface area contributed by atoms with E-state index in [2.05, 4.69) is 27.7 Å². The molecule has 0 saturated carbocycles. The van der Waals surface area contributed by atoms with Crippen LogP contribution in [-0.2, 0) is 4.74 Å². The van der Waals surface area contributed by atoms with Gasteiger partial charge in [0.15, 0.2) is 0 Å². The Morgan fingerprint density at radius 1 is 0.224 bits per heavy atom. The lowest BCUT2D eigenvalue weighted by Crippen LogP contribution is -2.03. The summed E-state index contributed by atoms with van der Waals surface area (Å²) in [7, 11) is 0. The van der Waals surface area contributed by atoms with Crippen molar-refractivity contribution in [1.29, 1.82) is 0 Å². The van der Waals surface area contributed by atoms with Gasteiger partial charge in [0.05, 0.1) is 0 Å². The molecule has 49 heavy (non-hydrogen) atoms. The van der Waals surface area contributed by atoms with E-state index in [4.69, 9.17) is 4.74 Å². The van der Waals surface area contributed by atoms with E-state index < -0.39 is 0 Å². The van der Waals surface area contributed by atoms with E-state index in [1.165, 1.54) is 257 Å². The average molecular weight is 691 g/mol. The molecule has 0 aromatic rings. The summed E-state index contributed by atoms with van der Waals surface area (Å²) < 4.78 is 6.12. The Morgan fingerprint density at radius 2 is 0.408 bits per heavy atom. The molecule has 0 heterocycles. The zero-order valence-corrected chi connectivity index (χ0v) is 35.3. The molecule has 0 N–H and O–H groups in total. The minimum atomic E-state index is 0.993. The van der Waals surface area contributed by atoms with Crippen LogP contribution in [-0.4, -0.2) is 13.2 Å². The first kappa shape index (κ1) is 49.0. The summed E-state index contributed by atoms with van der Waals surface area (Å²) in [5, 5.41) is 0. The van der Waals surface area contributed by atoms with E-state index in [0.29, 0.717) is 0 Å². The van der Waals surface area contributed by atoms with Gasteiger partial charge in [0.25, 0.3) is 0 Å². The summed E-state index contributed by atoms with van der Waals surface area (Å²) in [5.74, 6) is 1.99. The minimum absolute atomic E-state index is 0.993. The lowest BCUT2D eigenvalue weighted by molar-refractivity contribution is 0.125. The Bertz CT molecular complexity index is 509. The molecule has 1 nitrogen and oxygen atoms in total. The summed E-state index contributed by atoms with van der Waals surface area (Å²) in [6, 6.07) is 0. The molecular formula is C48H98O. The first-order valence-corrected chi connectivity index (χ1v) is 23.9. The normalized spacial score (nSPS) is 13.0. The highest BCUT2D eigenvalue weighted by atomic mass is 16.5. The van der Waals surface area contributed by atoms with Crippen molar-refractivity contribution in [2.75, 3.05) is 13.2 Å². The molecule has 0 bridgehead atoms. The molecule has 2 atom stereocenters. The Hall–Kier alpha value is -0.0400. The number of unbranched alkanes of at least 4 members (excludes halogenated alkanes) is 28. The van der Waals surface area contributed by atoms with Crippen LogP contribution in [0, 0.1) is 11.8 Å². The fourth-order valence-electron chi connectivity index (χ4n) is 8.16. The van der Waals surface area contributed by atoms with Crippen LogP contribution >= 0.6 is 0 Å². The maximum atomic E-state index is 6.12. The lowest BCUT2D eigenvalue weighted by atomic mass is 9.89. The molecule has 0 aromatic carbocycles. The molecule has 0 aliphatic carbocycles. The van der Waals surface area contributed by atoms with Gasteiger partial charge in [-0.2, -0.15) is 0 Å². The zero-order chi connectivity index (χ0) is 35.6. The van der Waals surface area contributed by atoms with Gasteiger partial charge >= 0.3 is 0 Å². The van der Waals surface area contributed by atoms with Crippen molar-refractivity contribution in [3.8, 4) is 0 Å². The highest BCUT2D eigenvalue weighted by molar-refractivity contribution is 4.64. The van der Waals surface area contributed by atoms with Crippen LogP contribution in [0.3, 0.4) is 0 Å². The van der Waals surface area contributed by atoms with E-state index in [1.807, 2.05) is 0 Å². The van der Waals surface area contributed by atoms with Gasteiger partial charge in [-0.25, -0.2) is 0 Å². The van der Waals surface area contributed by atoms with Gasteiger partial charge in [-0.15, -0.1) is 0 Å². The third-order valence-electron chi connectivity index (χ3n) is 11.7. The Morgan fingerprint density at radius 3 is 0.633 bits per heavy atom. The van der Waals surface area contributed by atoms with Crippen molar-refractivity contribution in [3.05, 3.63) is 0 Å². The van der Waals surface area contributed by atoms with Crippen molar-refractivity contribution < 1.29 is 4.74 Å². The van der Waals surface area contributed by atoms with Crippen molar-refractivity contribution >= 4 is 0 Å². The highest BCUT2D eigenvalue weighted by Gasteiger charge is 2.10. The topological polar surface area (TPSA) is 9.23 Å². The predicted octanol–water partition coefficient (Wildman–Crippen LogP) is 17.9. The smallest absolute Gasteiger partial charge is 0.0466 e. The summed E-state index contributed by atoms with van der Waals surface area (Å²) in [5.41, 5.74) is 0. The van der Waals surface area contributed by atoms with Crippen LogP contribution in [0.15, 0.2) is 0 Å². The molecule has 1 heteroatoms. The van der Waals surface area contributed by atoms with Gasteiger partial charge in [-0.1, -0.05) is 272 Å². The first-order chi connectivity index (χ1) is 24.3. The van der Waals surface area contributed by atoms with Crippen LogP contribution in [0.25, 0.3) is 0 Å². The van der Waals surface area contributed by atoms with Gasteiger partial charge in [0, 0.05) is 13.2 Å². The van der Waals surface area contributed by atoms with E-state index in [9.17, 15) is 0 Å². The molecule has 2 unspecified atom stereocenters. The molecule has 0 aliphatic heterocycles. The predicted molar refractivity (Wildman–Crippen MR) is 225 cm³/mol. The van der Waals surface area contributed by atoms with Gasteiger partial charge < -0.3 is 4.74 Å². The maximum absolute atomic E-state index is 6.12. The number of hydrogen-bond donors (Lipinski definition) is 0. The molecular weight excluding hydrogens is 593 g/mol. The summed E-state index contributed by atoms with van der Waals surface area (Å²) >= 11 is 0. The Labute approximate surface area is 313 Å². The second-order valence-corrected chi connectivity index (χ2v) is 16.7. The van der Waals surface area contributed by atoms with E-state index in [-0.39, 0.29) is 0 Å². The van der Waals surface area contributed by atoms with Gasteiger partial charge in [-0.3, -0.25) is 0 Å². The van der Waals surface area contributed by atoms with Crippen molar-refractivity contribution in [3.63, 3.8) is 0 Å². The first-order valence-electron chi connectivity index (χ1n) is 23.9. The van der Waals surface area contributed by atoms with Gasteiger partial charge in [0.1, 0.15) is 0 Å². The van der Waals surface area contributed by atoms with Crippen molar-refractivity contribution in [2.24, 2.45) is 11.8 Å². The van der Waals surface area contributed by atoms with E-state index in [1.54, 1.807) is 0 Å². The molecule has 0 aliphatic rings. The van der Waals surface area contributed by atoms with Crippen molar-refractivity contribution in [1.82, 2.24) is 0 Å². The van der Waals surface area contributed by atoms with Crippen LogP contribution in [0.4, 0.5) is 0 Å². The van der Waals surface area contributed by atoms with Crippen LogP contribution in [0.5, 0.6) is 0 Å². The van der Waals surface area contributed by atoms with E-state index >= 15 is 0 Å². The highest BCUT2D eigenvalue weighted by Crippen LogP contribution is 2.26. The molecule has 0 saturated heterocycles. The SMILES string of the molecule is CCCCCCCCCCC(CCCCCCCC)CCCCCOCCCCCC(CCCCCCCC)CCCCCCCCCC. The Kier molecular flexibility index (Phi) is 44.1. The quantitative estimate of drug-likeness (QED) is 0.0578. The van der Waals surface area contributed by atoms with Crippen LogP contribution in [0.1, 0.15) is 285 Å². The largest absolute Gasteiger partial charge is 0.381 e. The van der Waals surface area contributed by atoms with Crippen LogP contribution < -0.4 is 0 Å². The number of rotatable bonds is 44. The van der Waals surface area contributed by atoms with E-state index in [0.717, 1.165) is 25.0 Å². The summed E-state index contributed by atoms with van der Waals surface area (Å²) in [4.78, 5) is 0. The second kappa shape index (κ2) is 44.1. The molecule has 0 fully saturated rings. The van der Waals surface area contributed by atoms with Gasteiger partial charge in [-0.05, 0) is 24.7 Å².